The minimum atomic E-state index is -0.878. The van der Waals surface area contributed by atoms with Crippen LogP contribution in [0.4, 0.5) is 5.82 Å². The van der Waals surface area contributed by atoms with Crippen LogP contribution in [0.1, 0.15) is 40.0 Å². The summed E-state index contributed by atoms with van der Waals surface area (Å²) in [7, 11) is 0. The first-order valence-electron chi connectivity index (χ1n) is 11.1. The molecule has 2 heterocycles. The Hall–Kier alpha value is -4.26. The van der Waals surface area contributed by atoms with Crippen molar-refractivity contribution in [1.82, 2.24) is 15.1 Å². The molecule has 0 radical (unpaired) electrons. The van der Waals surface area contributed by atoms with Crippen molar-refractivity contribution < 1.29 is 9.59 Å². The van der Waals surface area contributed by atoms with Crippen LogP contribution < -0.4 is 10.6 Å². The number of aliphatic imine (C=N–C) groups is 1. The molecule has 0 saturated carbocycles. The first kappa shape index (κ1) is 22.9. The van der Waals surface area contributed by atoms with Crippen molar-refractivity contribution in [2.45, 2.75) is 32.7 Å². The quantitative estimate of drug-likeness (QED) is 0.539. The Labute approximate surface area is 198 Å². The van der Waals surface area contributed by atoms with Gasteiger partial charge in [-0.05, 0) is 50.6 Å². The molecule has 1 aliphatic rings. The molecule has 2 N–H and O–H groups in total. The lowest BCUT2D eigenvalue weighted by Gasteiger charge is -2.32. The van der Waals surface area contributed by atoms with E-state index in [0.717, 1.165) is 22.5 Å². The van der Waals surface area contributed by atoms with Crippen molar-refractivity contribution in [2.24, 2.45) is 4.99 Å². The third kappa shape index (κ3) is 4.45. The fourth-order valence-corrected chi connectivity index (χ4v) is 4.16. The van der Waals surface area contributed by atoms with Crippen LogP contribution >= 0.6 is 0 Å². The maximum Gasteiger partial charge on any atom is 0.251 e. The summed E-state index contributed by atoms with van der Waals surface area (Å²) in [5.74, 6) is -0.635. The summed E-state index contributed by atoms with van der Waals surface area (Å²) >= 11 is 0. The standard InChI is InChI=1S/C27H27N5O2/c1-5-14-28-16-18(3)22-23-19(4)31-32(21-12-7-6-8-13-21)25(23)30-27(34)24(22)29-26(33)20-11-9-10-17(2)15-20/h5-16,22,24H,3H2,1-2,4H3,(H,29,33)(H,30,34)/b14-5-,28-16?/t22-,24-/m0/s1. The van der Waals surface area contributed by atoms with Gasteiger partial charge in [0.25, 0.3) is 5.91 Å². The van der Waals surface area contributed by atoms with Gasteiger partial charge in [-0.25, -0.2) is 4.68 Å². The van der Waals surface area contributed by atoms with Crippen molar-refractivity contribution in [1.29, 1.82) is 0 Å². The molecular weight excluding hydrogens is 426 g/mol. The molecule has 2 amide bonds. The number of allylic oxidation sites excluding steroid dienone is 1. The average Bonchev–Trinajstić information content (AvgIpc) is 3.15. The second-order valence-corrected chi connectivity index (χ2v) is 8.22. The number of nitrogens with zero attached hydrogens (tertiary/aromatic N) is 3. The van der Waals surface area contributed by atoms with Crippen molar-refractivity contribution in [2.75, 3.05) is 5.32 Å². The number of hydrogen-bond donors (Lipinski definition) is 2. The maximum absolute atomic E-state index is 13.4. The Morgan fingerprint density at radius 2 is 1.94 bits per heavy atom. The molecule has 34 heavy (non-hydrogen) atoms. The minimum absolute atomic E-state index is 0.330. The lowest BCUT2D eigenvalue weighted by molar-refractivity contribution is -0.118. The molecule has 0 spiro atoms. The van der Waals surface area contributed by atoms with E-state index < -0.39 is 12.0 Å². The van der Waals surface area contributed by atoms with Gasteiger partial charge in [-0.3, -0.25) is 14.6 Å². The van der Waals surface area contributed by atoms with Gasteiger partial charge in [-0.2, -0.15) is 5.10 Å². The predicted molar refractivity (Wildman–Crippen MR) is 135 cm³/mol. The summed E-state index contributed by atoms with van der Waals surface area (Å²) < 4.78 is 1.71. The Bertz CT molecular complexity index is 1300. The third-order valence-electron chi connectivity index (χ3n) is 5.72. The molecule has 0 fully saturated rings. The lowest BCUT2D eigenvalue weighted by atomic mass is 9.82. The van der Waals surface area contributed by atoms with E-state index in [-0.39, 0.29) is 11.8 Å². The van der Waals surface area contributed by atoms with Gasteiger partial charge in [0.1, 0.15) is 11.9 Å². The normalized spacial score (nSPS) is 17.6. The van der Waals surface area contributed by atoms with Crippen LogP contribution in [0, 0.1) is 13.8 Å². The van der Waals surface area contributed by atoms with E-state index in [1.807, 2.05) is 63.2 Å². The first-order valence-corrected chi connectivity index (χ1v) is 11.1. The van der Waals surface area contributed by atoms with Crippen molar-refractivity contribution in [3.63, 3.8) is 0 Å². The summed E-state index contributed by atoms with van der Waals surface area (Å²) in [5, 5.41) is 10.6. The minimum Gasteiger partial charge on any atom is -0.339 e. The number of aryl methyl sites for hydroxylation is 2. The highest BCUT2D eigenvalue weighted by molar-refractivity contribution is 6.05. The van der Waals surface area contributed by atoms with Crippen LogP contribution in [0.3, 0.4) is 0 Å². The fraction of sp³-hybridized carbons (Fsp3) is 0.185. The van der Waals surface area contributed by atoms with E-state index in [4.69, 9.17) is 5.10 Å². The zero-order valence-electron chi connectivity index (χ0n) is 19.4. The Morgan fingerprint density at radius 3 is 2.65 bits per heavy atom. The van der Waals surface area contributed by atoms with Gasteiger partial charge in [-0.15, -0.1) is 0 Å². The second kappa shape index (κ2) is 9.70. The van der Waals surface area contributed by atoms with Crippen molar-refractivity contribution >= 4 is 23.8 Å². The molecule has 1 aromatic heterocycles. The van der Waals surface area contributed by atoms with E-state index in [2.05, 4.69) is 22.2 Å². The highest BCUT2D eigenvalue weighted by atomic mass is 16.2. The number of amides is 2. The molecule has 2 aromatic carbocycles. The van der Waals surface area contributed by atoms with E-state index >= 15 is 0 Å². The number of nitrogens with one attached hydrogen (secondary N) is 2. The van der Waals surface area contributed by atoms with E-state index in [0.29, 0.717) is 17.0 Å². The summed E-state index contributed by atoms with van der Waals surface area (Å²) in [5.41, 5.74) is 4.40. The van der Waals surface area contributed by atoms with E-state index in [9.17, 15) is 9.59 Å². The van der Waals surface area contributed by atoms with Crippen LogP contribution in [0.5, 0.6) is 0 Å². The van der Waals surface area contributed by atoms with Crippen LogP contribution in [0.15, 0.2) is 84.0 Å². The zero-order valence-corrected chi connectivity index (χ0v) is 19.4. The fourth-order valence-electron chi connectivity index (χ4n) is 4.16. The topological polar surface area (TPSA) is 88.4 Å². The highest BCUT2D eigenvalue weighted by Gasteiger charge is 2.42. The molecular formula is C27H27N5O2. The van der Waals surface area contributed by atoms with E-state index in [1.54, 1.807) is 35.3 Å². The molecule has 2 atom stereocenters. The predicted octanol–water partition coefficient (Wildman–Crippen LogP) is 4.48. The molecule has 172 valence electrons. The number of carbonyl (C=O) groups excluding carboxylic acids is 2. The number of fused-ring (bicyclic) bond motifs is 1. The van der Waals surface area contributed by atoms with Gasteiger partial charge in [-0.1, -0.05) is 48.6 Å². The SMILES string of the molecule is C=C(C=N/C=C\C)[C@H]1c2c(C)nn(-c3ccccc3)c2NC(=O)[C@H]1NC(=O)c1cccc(C)c1. The molecule has 7 nitrogen and oxygen atoms in total. The molecule has 0 unspecified atom stereocenters. The van der Waals surface area contributed by atoms with Gasteiger partial charge in [0, 0.05) is 29.5 Å². The van der Waals surface area contributed by atoms with Crippen molar-refractivity contribution in [3.8, 4) is 5.69 Å². The highest BCUT2D eigenvalue weighted by Crippen LogP contribution is 2.39. The van der Waals surface area contributed by atoms with Crippen molar-refractivity contribution in [3.05, 3.63) is 101 Å². The van der Waals surface area contributed by atoms with Gasteiger partial charge < -0.3 is 10.6 Å². The van der Waals surface area contributed by atoms with Crippen LogP contribution in [-0.2, 0) is 4.79 Å². The number of benzene rings is 2. The third-order valence-corrected chi connectivity index (χ3v) is 5.72. The number of carbonyl (C=O) groups is 2. The van der Waals surface area contributed by atoms with Crippen LogP contribution in [-0.4, -0.2) is 33.9 Å². The lowest BCUT2D eigenvalue weighted by Crippen LogP contribution is -2.51. The number of anilines is 1. The van der Waals surface area contributed by atoms with Gasteiger partial charge >= 0.3 is 0 Å². The average molecular weight is 454 g/mol. The molecule has 0 aliphatic carbocycles. The summed E-state index contributed by atoms with van der Waals surface area (Å²) in [4.78, 5) is 30.7. The molecule has 0 bridgehead atoms. The Kier molecular flexibility index (Phi) is 6.54. The summed E-state index contributed by atoms with van der Waals surface area (Å²) in [6.07, 6.45) is 5.08. The summed E-state index contributed by atoms with van der Waals surface area (Å²) in [6, 6.07) is 16.0. The summed E-state index contributed by atoms with van der Waals surface area (Å²) in [6.45, 7) is 9.87. The first-order chi connectivity index (χ1) is 16.4. The van der Waals surface area contributed by atoms with Gasteiger partial charge in [0.05, 0.1) is 11.4 Å². The Balaban J connectivity index is 1.78. The Morgan fingerprint density at radius 1 is 1.18 bits per heavy atom. The monoisotopic (exact) mass is 453 g/mol. The van der Waals surface area contributed by atoms with E-state index in [1.165, 1.54) is 0 Å². The molecule has 3 aromatic rings. The van der Waals surface area contributed by atoms with Gasteiger partial charge in [0.15, 0.2) is 0 Å². The number of para-hydroxylation sites is 1. The number of rotatable bonds is 6. The zero-order chi connectivity index (χ0) is 24.2. The van der Waals surface area contributed by atoms with Crippen LogP contribution in [0.25, 0.3) is 5.69 Å². The maximum atomic E-state index is 13.4. The van der Waals surface area contributed by atoms with Gasteiger partial charge in [0.2, 0.25) is 5.91 Å². The number of aromatic nitrogens is 2. The molecule has 4 rings (SSSR count). The number of hydrogen-bond acceptors (Lipinski definition) is 4. The largest absolute Gasteiger partial charge is 0.339 e. The second-order valence-electron chi connectivity index (χ2n) is 8.22. The molecule has 7 heteroatoms. The smallest absolute Gasteiger partial charge is 0.251 e. The molecule has 1 aliphatic heterocycles. The molecule has 0 saturated heterocycles. The van der Waals surface area contributed by atoms with Crippen LogP contribution in [0.2, 0.25) is 0 Å².